The van der Waals surface area contributed by atoms with Gasteiger partial charge in [0.1, 0.15) is 6.29 Å². The Morgan fingerprint density at radius 1 is 1.11 bits per heavy atom. The molecule has 3 nitrogen and oxygen atoms in total. The lowest BCUT2D eigenvalue weighted by atomic mass is 9.99. The first-order valence-electron chi connectivity index (χ1n) is 5.58. The van der Waals surface area contributed by atoms with Crippen molar-refractivity contribution < 1.29 is 9.59 Å². The molecule has 0 aliphatic rings. The Labute approximate surface area is 105 Å². The van der Waals surface area contributed by atoms with Gasteiger partial charge in [0.2, 0.25) is 5.91 Å². The van der Waals surface area contributed by atoms with Crippen molar-refractivity contribution in [1.29, 1.82) is 0 Å². The van der Waals surface area contributed by atoms with Gasteiger partial charge in [-0.05, 0) is 35.7 Å². The van der Waals surface area contributed by atoms with Gasteiger partial charge in [0.25, 0.3) is 0 Å². The van der Waals surface area contributed by atoms with E-state index >= 15 is 0 Å². The van der Waals surface area contributed by atoms with Crippen LogP contribution in [-0.4, -0.2) is 12.2 Å². The SMILES string of the molecule is Cc1cc(-c2cccc(C(N)=O)c2)ccc1C=O. The second-order valence-electron chi connectivity index (χ2n) is 4.13. The molecule has 0 radical (unpaired) electrons. The molecule has 3 heteroatoms. The van der Waals surface area contributed by atoms with Gasteiger partial charge < -0.3 is 5.73 Å². The fourth-order valence-electron chi connectivity index (χ4n) is 1.84. The first kappa shape index (κ1) is 12.0. The van der Waals surface area contributed by atoms with E-state index in [4.69, 9.17) is 5.73 Å². The summed E-state index contributed by atoms with van der Waals surface area (Å²) in [6.45, 7) is 1.88. The number of primary amides is 1. The van der Waals surface area contributed by atoms with Crippen LogP contribution in [-0.2, 0) is 0 Å². The quantitative estimate of drug-likeness (QED) is 0.837. The molecule has 0 aliphatic carbocycles. The molecule has 2 aromatic rings. The van der Waals surface area contributed by atoms with Crippen LogP contribution < -0.4 is 5.73 Å². The van der Waals surface area contributed by atoms with Crippen LogP contribution in [0.2, 0.25) is 0 Å². The molecule has 0 atom stereocenters. The van der Waals surface area contributed by atoms with Crippen LogP contribution in [0.1, 0.15) is 26.3 Å². The van der Waals surface area contributed by atoms with Gasteiger partial charge in [-0.2, -0.15) is 0 Å². The summed E-state index contributed by atoms with van der Waals surface area (Å²) < 4.78 is 0. The van der Waals surface area contributed by atoms with Gasteiger partial charge in [-0.1, -0.05) is 30.3 Å². The molecule has 2 rings (SSSR count). The largest absolute Gasteiger partial charge is 0.366 e. The molecule has 2 aromatic carbocycles. The molecule has 2 N–H and O–H groups in total. The molecule has 18 heavy (non-hydrogen) atoms. The van der Waals surface area contributed by atoms with Gasteiger partial charge in [-0.3, -0.25) is 9.59 Å². The van der Waals surface area contributed by atoms with Crippen LogP contribution >= 0.6 is 0 Å². The fourth-order valence-corrected chi connectivity index (χ4v) is 1.84. The first-order chi connectivity index (χ1) is 8.61. The first-order valence-corrected chi connectivity index (χ1v) is 5.58. The maximum Gasteiger partial charge on any atom is 0.248 e. The van der Waals surface area contributed by atoms with E-state index in [0.29, 0.717) is 11.1 Å². The zero-order valence-electron chi connectivity index (χ0n) is 10.0. The Morgan fingerprint density at radius 3 is 2.44 bits per heavy atom. The number of aldehydes is 1. The minimum atomic E-state index is -0.446. The second kappa shape index (κ2) is 4.84. The van der Waals surface area contributed by atoms with E-state index in [1.165, 1.54) is 0 Å². The van der Waals surface area contributed by atoms with E-state index in [1.54, 1.807) is 24.3 Å². The molecule has 0 saturated heterocycles. The summed E-state index contributed by atoms with van der Waals surface area (Å²) >= 11 is 0. The summed E-state index contributed by atoms with van der Waals surface area (Å²) in [6, 6.07) is 12.7. The minimum absolute atomic E-state index is 0.446. The summed E-state index contributed by atoms with van der Waals surface area (Å²) in [5.41, 5.74) is 9.18. The van der Waals surface area contributed by atoms with Crippen LogP contribution in [0.4, 0.5) is 0 Å². The number of carbonyl (C=O) groups is 2. The van der Waals surface area contributed by atoms with E-state index in [2.05, 4.69) is 0 Å². The number of nitrogens with two attached hydrogens (primary N) is 1. The van der Waals surface area contributed by atoms with Gasteiger partial charge in [-0.25, -0.2) is 0 Å². The average molecular weight is 239 g/mol. The topological polar surface area (TPSA) is 60.2 Å². The monoisotopic (exact) mass is 239 g/mol. The number of rotatable bonds is 3. The van der Waals surface area contributed by atoms with Crippen molar-refractivity contribution in [3.8, 4) is 11.1 Å². The number of aryl methyl sites for hydroxylation is 1. The van der Waals surface area contributed by atoms with Crippen molar-refractivity contribution in [3.63, 3.8) is 0 Å². The predicted molar refractivity (Wildman–Crippen MR) is 70.5 cm³/mol. The van der Waals surface area contributed by atoms with Crippen molar-refractivity contribution in [2.75, 3.05) is 0 Å². The molecule has 0 bridgehead atoms. The van der Waals surface area contributed by atoms with Crippen molar-refractivity contribution in [3.05, 3.63) is 59.2 Å². The Hall–Kier alpha value is -2.42. The molecule has 0 unspecified atom stereocenters. The van der Waals surface area contributed by atoms with Gasteiger partial charge >= 0.3 is 0 Å². The Balaban J connectivity index is 2.48. The highest BCUT2D eigenvalue weighted by Crippen LogP contribution is 2.22. The highest BCUT2D eigenvalue weighted by Gasteiger charge is 2.05. The summed E-state index contributed by atoms with van der Waals surface area (Å²) in [7, 11) is 0. The predicted octanol–water partition coefficient (Wildman–Crippen LogP) is 2.57. The molecule has 90 valence electrons. The van der Waals surface area contributed by atoms with E-state index in [1.807, 2.05) is 25.1 Å². The third-order valence-electron chi connectivity index (χ3n) is 2.88. The molecule has 0 heterocycles. The summed E-state index contributed by atoms with van der Waals surface area (Å²) in [5.74, 6) is -0.446. The molecular formula is C15H13NO2. The zero-order valence-corrected chi connectivity index (χ0v) is 10.0. The maximum atomic E-state index is 11.1. The Morgan fingerprint density at radius 2 is 1.83 bits per heavy atom. The molecule has 0 aliphatic heterocycles. The summed E-state index contributed by atoms with van der Waals surface area (Å²) in [6.07, 6.45) is 0.832. The highest BCUT2D eigenvalue weighted by atomic mass is 16.1. The third kappa shape index (κ3) is 2.30. The summed E-state index contributed by atoms with van der Waals surface area (Å²) in [4.78, 5) is 21.9. The second-order valence-corrected chi connectivity index (χ2v) is 4.13. The van der Waals surface area contributed by atoms with Crippen LogP contribution in [0.25, 0.3) is 11.1 Å². The van der Waals surface area contributed by atoms with Crippen LogP contribution in [0.3, 0.4) is 0 Å². The lowest BCUT2D eigenvalue weighted by Gasteiger charge is -2.06. The number of carbonyl (C=O) groups excluding carboxylic acids is 2. The van der Waals surface area contributed by atoms with Crippen LogP contribution in [0, 0.1) is 6.92 Å². The maximum absolute atomic E-state index is 11.1. The van der Waals surface area contributed by atoms with Crippen LogP contribution in [0.5, 0.6) is 0 Å². The van der Waals surface area contributed by atoms with E-state index < -0.39 is 5.91 Å². The third-order valence-corrected chi connectivity index (χ3v) is 2.88. The average Bonchev–Trinajstić information content (AvgIpc) is 2.38. The Kier molecular flexibility index (Phi) is 3.24. The number of amides is 1. The molecule has 0 aromatic heterocycles. The lowest BCUT2D eigenvalue weighted by molar-refractivity contribution is 0.1000. The lowest BCUT2D eigenvalue weighted by Crippen LogP contribution is -2.10. The number of hydrogen-bond donors (Lipinski definition) is 1. The Bertz CT molecular complexity index is 618. The molecule has 1 amide bonds. The van der Waals surface area contributed by atoms with Crippen molar-refractivity contribution in [2.45, 2.75) is 6.92 Å². The number of benzene rings is 2. The van der Waals surface area contributed by atoms with Crippen molar-refractivity contribution >= 4 is 12.2 Å². The minimum Gasteiger partial charge on any atom is -0.366 e. The molecule has 0 spiro atoms. The normalized spacial score (nSPS) is 10.1. The van der Waals surface area contributed by atoms with Crippen molar-refractivity contribution in [2.24, 2.45) is 5.73 Å². The summed E-state index contributed by atoms with van der Waals surface area (Å²) in [5, 5.41) is 0. The van der Waals surface area contributed by atoms with Gasteiger partial charge in [-0.15, -0.1) is 0 Å². The van der Waals surface area contributed by atoms with E-state index in [0.717, 1.165) is 23.0 Å². The smallest absolute Gasteiger partial charge is 0.248 e. The molecule has 0 saturated carbocycles. The molecule has 0 fully saturated rings. The fraction of sp³-hybridized carbons (Fsp3) is 0.0667. The van der Waals surface area contributed by atoms with Crippen LogP contribution in [0.15, 0.2) is 42.5 Å². The van der Waals surface area contributed by atoms with Gasteiger partial charge in [0.15, 0.2) is 0 Å². The number of hydrogen-bond acceptors (Lipinski definition) is 2. The van der Waals surface area contributed by atoms with Gasteiger partial charge in [0, 0.05) is 11.1 Å². The van der Waals surface area contributed by atoms with E-state index in [9.17, 15) is 9.59 Å². The standard InChI is InChI=1S/C15H13NO2/c1-10-7-12(5-6-14(10)9-17)11-3-2-4-13(8-11)15(16)18/h2-9H,1H3,(H2,16,18). The van der Waals surface area contributed by atoms with E-state index in [-0.39, 0.29) is 0 Å². The highest BCUT2D eigenvalue weighted by molar-refractivity contribution is 5.94. The molecular weight excluding hydrogens is 226 g/mol. The van der Waals surface area contributed by atoms with Crippen molar-refractivity contribution in [1.82, 2.24) is 0 Å². The zero-order chi connectivity index (χ0) is 13.1. The van der Waals surface area contributed by atoms with Gasteiger partial charge in [0.05, 0.1) is 0 Å².